The Hall–Kier alpha value is -0.890. The van der Waals surface area contributed by atoms with Crippen LogP contribution in [0.5, 0.6) is 0 Å². The minimum Gasteiger partial charge on any atom is -0.311 e. The van der Waals surface area contributed by atoms with Crippen molar-refractivity contribution in [2.75, 3.05) is 6.54 Å². The molecule has 2 rings (SSSR count). The molecule has 15 heavy (non-hydrogen) atoms. The molecule has 0 saturated carbocycles. The van der Waals surface area contributed by atoms with Crippen LogP contribution in [-0.4, -0.2) is 12.1 Å². The highest BCUT2D eigenvalue weighted by Crippen LogP contribution is 2.23. The van der Waals surface area contributed by atoms with Crippen LogP contribution in [-0.2, 0) is 6.42 Å². The fourth-order valence-corrected chi connectivity index (χ4v) is 2.32. The molecule has 0 bridgehead atoms. The highest BCUT2D eigenvalue weighted by molar-refractivity contribution is 5.18. The summed E-state index contributed by atoms with van der Waals surface area (Å²) >= 11 is 0. The molecule has 1 aliphatic heterocycles. The van der Waals surface area contributed by atoms with Crippen molar-refractivity contribution in [3.05, 3.63) is 35.6 Å². The van der Waals surface area contributed by atoms with Crippen LogP contribution in [0.1, 0.15) is 31.7 Å². The maximum absolute atomic E-state index is 12.7. The molecular weight excluding hydrogens is 189 g/mol. The second kappa shape index (κ2) is 4.31. The first kappa shape index (κ1) is 10.6. The third-order valence-corrected chi connectivity index (χ3v) is 3.21. The van der Waals surface area contributed by atoms with Gasteiger partial charge in [0.25, 0.3) is 0 Å². The first-order chi connectivity index (χ1) is 7.18. The largest absolute Gasteiger partial charge is 0.311 e. The van der Waals surface area contributed by atoms with Gasteiger partial charge in [-0.05, 0) is 50.4 Å². The van der Waals surface area contributed by atoms with Crippen LogP contribution in [0, 0.1) is 5.82 Å². The normalized spacial score (nSPS) is 26.5. The van der Waals surface area contributed by atoms with Crippen LogP contribution >= 0.6 is 0 Å². The van der Waals surface area contributed by atoms with E-state index in [4.69, 9.17) is 0 Å². The van der Waals surface area contributed by atoms with Crippen molar-refractivity contribution in [3.63, 3.8) is 0 Å². The number of benzene rings is 1. The van der Waals surface area contributed by atoms with E-state index < -0.39 is 0 Å². The van der Waals surface area contributed by atoms with Gasteiger partial charge in [0.1, 0.15) is 5.82 Å². The van der Waals surface area contributed by atoms with E-state index in [1.54, 1.807) is 12.1 Å². The van der Waals surface area contributed by atoms with Crippen LogP contribution in [0.15, 0.2) is 24.3 Å². The van der Waals surface area contributed by atoms with Crippen molar-refractivity contribution in [3.8, 4) is 0 Å². The third kappa shape index (κ3) is 2.78. The summed E-state index contributed by atoms with van der Waals surface area (Å²) < 4.78 is 12.7. The Morgan fingerprint density at radius 1 is 1.27 bits per heavy atom. The monoisotopic (exact) mass is 207 g/mol. The lowest BCUT2D eigenvalue weighted by molar-refractivity contribution is 0.276. The molecular formula is C13H18FN. The molecule has 1 aliphatic rings. The summed E-state index contributed by atoms with van der Waals surface area (Å²) in [4.78, 5) is 0. The Balaban J connectivity index is 2.03. The summed E-state index contributed by atoms with van der Waals surface area (Å²) in [5, 5.41) is 3.56. The van der Waals surface area contributed by atoms with Gasteiger partial charge in [0.2, 0.25) is 0 Å². The Bertz CT molecular complexity index is 312. The van der Waals surface area contributed by atoms with Crippen LogP contribution in [0.25, 0.3) is 0 Å². The highest BCUT2D eigenvalue weighted by Gasteiger charge is 2.25. The number of nitrogens with one attached hydrogen (secondary N) is 1. The number of hydrogen-bond acceptors (Lipinski definition) is 1. The zero-order valence-electron chi connectivity index (χ0n) is 9.22. The summed E-state index contributed by atoms with van der Waals surface area (Å²) in [6.45, 7) is 3.37. The lowest BCUT2D eigenvalue weighted by atomic mass is 9.85. The van der Waals surface area contributed by atoms with Crippen molar-refractivity contribution in [1.82, 2.24) is 5.32 Å². The third-order valence-electron chi connectivity index (χ3n) is 3.21. The number of rotatable bonds is 2. The molecule has 1 aromatic rings. The standard InChI is InChI=1S/C13H18FN/c1-13(8-2-3-9-15-13)10-11-4-6-12(14)7-5-11/h4-7,15H,2-3,8-10H2,1H3. The Labute approximate surface area is 90.7 Å². The van der Waals surface area contributed by atoms with Crippen LogP contribution in [0.2, 0.25) is 0 Å². The quantitative estimate of drug-likeness (QED) is 0.786. The summed E-state index contributed by atoms with van der Waals surface area (Å²) in [7, 11) is 0. The van der Waals surface area contributed by atoms with E-state index in [0.717, 1.165) is 13.0 Å². The Morgan fingerprint density at radius 3 is 2.60 bits per heavy atom. The molecule has 1 nitrogen and oxygen atoms in total. The average molecular weight is 207 g/mol. The van der Waals surface area contributed by atoms with Gasteiger partial charge in [-0.3, -0.25) is 0 Å². The fourth-order valence-electron chi connectivity index (χ4n) is 2.32. The highest BCUT2D eigenvalue weighted by atomic mass is 19.1. The fraction of sp³-hybridized carbons (Fsp3) is 0.538. The molecule has 1 fully saturated rings. The molecule has 0 aliphatic carbocycles. The predicted octanol–water partition coefficient (Wildman–Crippen LogP) is 2.90. The van der Waals surface area contributed by atoms with Gasteiger partial charge in [0.15, 0.2) is 0 Å². The van der Waals surface area contributed by atoms with E-state index in [9.17, 15) is 4.39 Å². The van der Waals surface area contributed by atoms with E-state index in [1.165, 1.54) is 24.8 Å². The van der Waals surface area contributed by atoms with Gasteiger partial charge in [-0.1, -0.05) is 18.6 Å². The van der Waals surface area contributed by atoms with Crippen molar-refractivity contribution in [2.45, 2.75) is 38.1 Å². The van der Waals surface area contributed by atoms with Gasteiger partial charge in [-0.15, -0.1) is 0 Å². The Kier molecular flexibility index (Phi) is 3.06. The van der Waals surface area contributed by atoms with E-state index in [2.05, 4.69) is 12.2 Å². The molecule has 1 N–H and O–H groups in total. The van der Waals surface area contributed by atoms with Crippen LogP contribution < -0.4 is 5.32 Å². The molecule has 1 heterocycles. The van der Waals surface area contributed by atoms with E-state index in [0.29, 0.717) is 0 Å². The molecule has 0 radical (unpaired) electrons. The van der Waals surface area contributed by atoms with Gasteiger partial charge in [0, 0.05) is 5.54 Å². The molecule has 0 amide bonds. The molecule has 1 aromatic carbocycles. The van der Waals surface area contributed by atoms with Crippen LogP contribution in [0.3, 0.4) is 0 Å². The van der Waals surface area contributed by atoms with Gasteiger partial charge in [0.05, 0.1) is 0 Å². The first-order valence-electron chi connectivity index (χ1n) is 5.67. The molecule has 82 valence electrons. The van der Waals surface area contributed by atoms with E-state index in [-0.39, 0.29) is 11.4 Å². The van der Waals surface area contributed by atoms with Gasteiger partial charge < -0.3 is 5.32 Å². The molecule has 0 spiro atoms. The minimum atomic E-state index is -0.152. The van der Waals surface area contributed by atoms with Gasteiger partial charge in [-0.2, -0.15) is 0 Å². The second-order valence-corrected chi connectivity index (χ2v) is 4.75. The van der Waals surface area contributed by atoms with Gasteiger partial charge >= 0.3 is 0 Å². The van der Waals surface area contributed by atoms with Crippen molar-refractivity contribution in [1.29, 1.82) is 0 Å². The van der Waals surface area contributed by atoms with Crippen molar-refractivity contribution >= 4 is 0 Å². The van der Waals surface area contributed by atoms with Gasteiger partial charge in [-0.25, -0.2) is 4.39 Å². The lowest BCUT2D eigenvalue weighted by Gasteiger charge is -2.35. The van der Waals surface area contributed by atoms with E-state index in [1.807, 2.05) is 12.1 Å². The second-order valence-electron chi connectivity index (χ2n) is 4.75. The smallest absolute Gasteiger partial charge is 0.123 e. The zero-order chi connectivity index (χ0) is 10.7. The number of halogens is 1. The topological polar surface area (TPSA) is 12.0 Å². The molecule has 2 heteroatoms. The molecule has 0 aromatic heterocycles. The molecule has 1 unspecified atom stereocenters. The molecule has 1 atom stereocenters. The molecule has 1 saturated heterocycles. The summed E-state index contributed by atoms with van der Waals surface area (Å²) in [5.74, 6) is -0.152. The summed E-state index contributed by atoms with van der Waals surface area (Å²) in [6.07, 6.45) is 4.78. The van der Waals surface area contributed by atoms with E-state index >= 15 is 0 Å². The number of piperidine rings is 1. The number of hydrogen-bond donors (Lipinski definition) is 1. The van der Waals surface area contributed by atoms with Crippen LogP contribution in [0.4, 0.5) is 4.39 Å². The summed E-state index contributed by atoms with van der Waals surface area (Å²) in [6, 6.07) is 6.86. The maximum atomic E-state index is 12.7. The lowest BCUT2D eigenvalue weighted by Crippen LogP contribution is -2.47. The van der Waals surface area contributed by atoms with Crippen molar-refractivity contribution < 1.29 is 4.39 Å². The Morgan fingerprint density at radius 2 is 2.00 bits per heavy atom. The van der Waals surface area contributed by atoms with Crippen molar-refractivity contribution in [2.24, 2.45) is 0 Å². The maximum Gasteiger partial charge on any atom is 0.123 e. The summed E-state index contributed by atoms with van der Waals surface area (Å²) in [5.41, 5.74) is 1.42. The first-order valence-corrected chi connectivity index (χ1v) is 5.67. The zero-order valence-corrected chi connectivity index (χ0v) is 9.22. The predicted molar refractivity (Wildman–Crippen MR) is 60.4 cm³/mol. The average Bonchev–Trinajstić information content (AvgIpc) is 2.22. The minimum absolute atomic E-state index is 0.152. The SMILES string of the molecule is CC1(Cc2ccc(F)cc2)CCCCN1.